The van der Waals surface area contributed by atoms with Gasteiger partial charge in [-0.15, -0.1) is 0 Å². The van der Waals surface area contributed by atoms with Gasteiger partial charge in [-0.25, -0.2) is 9.18 Å². The van der Waals surface area contributed by atoms with E-state index < -0.39 is 5.60 Å². The van der Waals surface area contributed by atoms with Crippen LogP contribution < -0.4 is 4.90 Å². The van der Waals surface area contributed by atoms with E-state index in [2.05, 4.69) is 28.9 Å². The highest BCUT2D eigenvalue weighted by molar-refractivity contribution is 9.10. The number of halogens is 2. The smallest absolute Gasteiger partial charge is 0.410 e. The van der Waals surface area contributed by atoms with Crippen LogP contribution in [-0.4, -0.2) is 42.8 Å². The first-order valence-corrected chi connectivity index (χ1v) is 10.7. The molecule has 1 amide bonds. The van der Waals surface area contributed by atoms with E-state index in [1.807, 2.05) is 52.6 Å². The third-order valence-electron chi connectivity index (χ3n) is 4.43. The highest BCUT2D eigenvalue weighted by Gasteiger charge is 2.35. The molecule has 0 saturated carbocycles. The monoisotopic (exact) mass is 456 g/mol. The van der Waals surface area contributed by atoms with E-state index >= 15 is 0 Å². The van der Waals surface area contributed by atoms with E-state index in [0.29, 0.717) is 19.0 Å². The fraction of sp³-hybridized carbons (Fsp3) is 0.591. The molecule has 1 aliphatic rings. The second-order valence-corrected chi connectivity index (χ2v) is 8.69. The molecule has 1 saturated heterocycles. The minimum Gasteiger partial charge on any atom is -0.444 e. The molecular formula is C22H34BrFN2O2. The van der Waals surface area contributed by atoms with Gasteiger partial charge >= 0.3 is 6.09 Å². The van der Waals surface area contributed by atoms with Gasteiger partial charge in [0.05, 0.1) is 11.7 Å². The first-order chi connectivity index (χ1) is 13.1. The van der Waals surface area contributed by atoms with Crippen molar-refractivity contribution >= 4 is 27.7 Å². The largest absolute Gasteiger partial charge is 0.444 e. The molecule has 28 heavy (non-hydrogen) atoms. The van der Waals surface area contributed by atoms with Gasteiger partial charge in [0, 0.05) is 24.6 Å². The van der Waals surface area contributed by atoms with Crippen LogP contribution in [-0.2, 0) is 4.74 Å². The summed E-state index contributed by atoms with van der Waals surface area (Å²) in [4.78, 5) is 16.2. The Kier molecular flexibility index (Phi) is 9.48. The van der Waals surface area contributed by atoms with Crippen LogP contribution in [0.4, 0.5) is 14.9 Å². The second-order valence-electron chi connectivity index (χ2n) is 7.83. The summed E-state index contributed by atoms with van der Waals surface area (Å²) in [5.74, 6) is 0.115. The van der Waals surface area contributed by atoms with Gasteiger partial charge in [-0.1, -0.05) is 32.9 Å². The maximum Gasteiger partial charge on any atom is 0.410 e. The lowest BCUT2D eigenvalue weighted by Crippen LogP contribution is -2.40. The average molecular weight is 457 g/mol. The maximum absolute atomic E-state index is 13.5. The minimum atomic E-state index is -0.499. The minimum absolute atomic E-state index is 0.0224. The van der Waals surface area contributed by atoms with Crippen LogP contribution in [0.1, 0.15) is 48.0 Å². The molecule has 1 unspecified atom stereocenters. The molecule has 158 valence electrons. The normalized spacial score (nSPS) is 19.4. The zero-order chi connectivity index (χ0) is 21.5. The molecule has 0 bridgehead atoms. The van der Waals surface area contributed by atoms with Crippen molar-refractivity contribution in [2.45, 2.75) is 59.6 Å². The number of likely N-dealkylation sites (tertiary alicyclic amines) is 1. The Morgan fingerprint density at radius 1 is 1.39 bits per heavy atom. The molecule has 0 radical (unpaired) electrons. The van der Waals surface area contributed by atoms with Crippen molar-refractivity contribution in [1.82, 2.24) is 4.90 Å². The number of hydrogen-bond donors (Lipinski definition) is 0. The van der Waals surface area contributed by atoms with Gasteiger partial charge in [-0.3, -0.25) is 0 Å². The van der Waals surface area contributed by atoms with E-state index in [0.717, 1.165) is 16.6 Å². The van der Waals surface area contributed by atoms with Crippen molar-refractivity contribution in [3.63, 3.8) is 0 Å². The van der Waals surface area contributed by atoms with Crippen molar-refractivity contribution in [2.24, 2.45) is 5.92 Å². The molecule has 1 aromatic rings. The van der Waals surface area contributed by atoms with Crippen LogP contribution >= 0.6 is 15.9 Å². The number of rotatable bonds is 4. The van der Waals surface area contributed by atoms with E-state index in [1.165, 1.54) is 12.1 Å². The van der Waals surface area contributed by atoms with Crippen molar-refractivity contribution in [2.75, 3.05) is 25.0 Å². The predicted molar refractivity (Wildman–Crippen MR) is 118 cm³/mol. The summed E-state index contributed by atoms with van der Waals surface area (Å²) in [5.41, 5.74) is 0.291. The van der Waals surface area contributed by atoms with Gasteiger partial charge in [0.2, 0.25) is 0 Å². The summed E-state index contributed by atoms with van der Waals surface area (Å²) in [6.07, 6.45) is 4.78. The van der Waals surface area contributed by atoms with Crippen molar-refractivity contribution in [3.8, 4) is 0 Å². The molecule has 1 fully saturated rings. The fourth-order valence-corrected chi connectivity index (χ4v) is 3.58. The summed E-state index contributed by atoms with van der Waals surface area (Å²) >= 11 is 3.45. The van der Waals surface area contributed by atoms with Crippen LogP contribution in [0.15, 0.2) is 34.8 Å². The van der Waals surface area contributed by atoms with Gasteiger partial charge in [0.15, 0.2) is 0 Å². The Bertz CT molecular complexity index is 673. The molecule has 6 heteroatoms. The second kappa shape index (κ2) is 10.8. The van der Waals surface area contributed by atoms with Gasteiger partial charge in [-0.05, 0) is 67.2 Å². The van der Waals surface area contributed by atoms with Gasteiger partial charge in [0.1, 0.15) is 11.4 Å². The number of carbonyl (C=O) groups is 1. The third kappa shape index (κ3) is 7.12. The van der Waals surface area contributed by atoms with Crippen LogP contribution in [0.3, 0.4) is 0 Å². The molecule has 0 spiro atoms. The van der Waals surface area contributed by atoms with Crippen molar-refractivity contribution in [1.29, 1.82) is 0 Å². The quantitative estimate of drug-likeness (QED) is 0.501. The standard InChI is InChI=1S/C20H28BrFN2O2.C2H6/c1-14-10-12-24(19(25)26-20(2,3)4)17(14)7-6-11-23(5)18-13-15(22)8-9-16(18)21;1-2/h6-9,13-14,17H,10-12H2,1-5H3;1-2H3/b7-6+;/t14-,17?;/m0./s1. The predicted octanol–water partition coefficient (Wildman–Crippen LogP) is 6.25. The number of ether oxygens (including phenoxy) is 1. The van der Waals surface area contributed by atoms with E-state index in [9.17, 15) is 9.18 Å². The molecule has 0 aliphatic carbocycles. The molecule has 2 atom stereocenters. The lowest BCUT2D eigenvalue weighted by molar-refractivity contribution is 0.0245. The first-order valence-electron chi connectivity index (χ1n) is 9.91. The Hall–Kier alpha value is -1.56. The van der Waals surface area contributed by atoms with E-state index in [-0.39, 0.29) is 18.0 Å². The highest BCUT2D eigenvalue weighted by Crippen LogP contribution is 2.28. The number of carbonyl (C=O) groups excluding carboxylic acids is 1. The average Bonchev–Trinajstić information content (AvgIpc) is 2.98. The Labute approximate surface area is 177 Å². The summed E-state index contributed by atoms with van der Waals surface area (Å²) in [5, 5.41) is 0. The van der Waals surface area contributed by atoms with Crippen LogP contribution in [0, 0.1) is 11.7 Å². The lowest BCUT2D eigenvalue weighted by Gasteiger charge is -2.28. The lowest BCUT2D eigenvalue weighted by atomic mass is 10.0. The number of likely N-dealkylation sites (N-methyl/N-ethyl adjacent to an activating group) is 1. The molecule has 2 rings (SSSR count). The Morgan fingerprint density at radius 3 is 2.64 bits per heavy atom. The zero-order valence-corrected chi connectivity index (χ0v) is 19.7. The number of hydrogen-bond acceptors (Lipinski definition) is 3. The zero-order valence-electron chi connectivity index (χ0n) is 18.1. The summed E-state index contributed by atoms with van der Waals surface area (Å²) < 4.78 is 19.8. The topological polar surface area (TPSA) is 32.8 Å². The molecular weight excluding hydrogens is 423 g/mol. The summed E-state index contributed by atoms with van der Waals surface area (Å²) in [7, 11) is 1.91. The van der Waals surface area contributed by atoms with Crippen LogP contribution in [0.2, 0.25) is 0 Å². The highest BCUT2D eigenvalue weighted by atomic mass is 79.9. The van der Waals surface area contributed by atoms with Gasteiger partial charge in [0.25, 0.3) is 0 Å². The molecule has 1 aliphatic heterocycles. The molecule has 0 aromatic heterocycles. The third-order valence-corrected chi connectivity index (χ3v) is 5.10. The van der Waals surface area contributed by atoms with Crippen molar-refractivity contribution < 1.29 is 13.9 Å². The molecule has 1 aromatic carbocycles. The van der Waals surface area contributed by atoms with Crippen molar-refractivity contribution in [3.05, 3.63) is 40.6 Å². The van der Waals surface area contributed by atoms with Crippen LogP contribution in [0.5, 0.6) is 0 Å². The molecule has 1 heterocycles. The molecule has 0 N–H and O–H groups in total. The Morgan fingerprint density at radius 2 is 2.04 bits per heavy atom. The SMILES string of the molecule is CC.C[C@H]1CCN(C(=O)OC(C)(C)C)C1/C=C/CN(C)c1cc(F)ccc1Br. The van der Waals surface area contributed by atoms with E-state index in [1.54, 1.807) is 11.0 Å². The number of nitrogens with zero attached hydrogens (tertiary/aromatic N) is 2. The number of anilines is 1. The summed E-state index contributed by atoms with van der Waals surface area (Å²) in [6, 6.07) is 4.65. The van der Waals surface area contributed by atoms with Gasteiger partial charge in [-0.2, -0.15) is 0 Å². The number of benzene rings is 1. The number of amides is 1. The Balaban J connectivity index is 0.00000190. The molecule has 4 nitrogen and oxygen atoms in total. The van der Waals surface area contributed by atoms with Gasteiger partial charge < -0.3 is 14.5 Å². The van der Waals surface area contributed by atoms with E-state index in [4.69, 9.17) is 4.74 Å². The first kappa shape index (κ1) is 24.5. The fourth-order valence-electron chi connectivity index (χ4n) is 3.03. The maximum atomic E-state index is 13.5. The summed E-state index contributed by atoms with van der Waals surface area (Å²) in [6.45, 7) is 13.1. The van der Waals surface area contributed by atoms with Crippen LogP contribution in [0.25, 0.3) is 0 Å².